The normalized spacial score (nSPS) is 15.9. The van der Waals surface area contributed by atoms with Gasteiger partial charge < -0.3 is 15.0 Å². The first-order valence-corrected chi connectivity index (χ1v) is 7.77. The Bertz CT molecular complexity index is 601. The van der Waals surface area contributed by atoms with E-state index in [1.165, 1.54) is 6.08 Å². The molecule has 6 nitrogen and oxygen atoms in total. The Balaban J connectivity index is 2.34. The number of halogens is 6. The Morgan fingerprint density at radius 2 is 1.65 bits per heavy atom. The Kier molecular flexibility index (Phi) is 6.13. The molecule has 2 rings (SSSR count). The zero-order valence-corrected chi connectivity index (χ0v) is 13.6. The number of nitrogens with zero attached hydrogens (tertiary/aromatic N) is 4. The summed E-state index contributed by atoms with van der Waals surface area (Å²) in [4.78, 5) is 12.8. The van der Waals surface area contributed by atoms with Crippen LogP contribution in [-0.4, -0.2) is 53.0 Å². The van der Waals surface area contributed by atoms with E-state index in [9.17, 15) is 26.3 Å². The number of nitrogens with one attached hydrogen (secondary N) is 1. The summed E-state index contributed by atoms with van der Waals surface area (Å²) in [6.45, 7) is 4.68. The van der Waals surface area contributed by atoms with E-state index in [-0.39, 0.29) is 18.4 Å². The van der Waals surface area contributed by atoms with Crippen LogP contribution < -0.4 is 15.0 Å². The third kappa shape index (κ3) is 5.36. The summed E-state index contributed by atoms with van der Waals surface area (Å²) in [5, 5.41) is 2.62. The van der Waals surface area contributed by atoms with E-state index >= 15 is 0 Å². The van der Waals surface area contributed by atoms with E-state index in [1.807, 2.05) is 0 Å². The molecule has 0 aromatic carbocycles. The van der Waals surface area contributed by atoms with Crippen LogP contribution in [-0.2, 0) is 0 Å². The van der Waals surface area contributed by atoms with Crippen molar-refractivity contribution >= 4 is 11.9 Å². The maximum atomic E-state index is 12.7. The number of anilines is 2. The maximum absolute atomic E-state index is 12.7. The van der Waals surface area contributed by atoms with Crippen molar-refractivity contribution < 1.29 is 31.1 Å². The van der Waals surface area contributed by atoms with Gasteiger partial charge in [0.25, 0.3) is 6.10 Å². The zero-order valence-electron chi connectivity index (χ0n) is 13.6. The minimum Gasteiger partial charge on any atom is -0.440 e. The van der Waals surface area contributed by atoms with E-state index < -0.39 is 24.5 Å². The van der Waals surface area contributed by atoms with Gasteiger partial charge in [0, 0.05) is 19.6 Å². The zero-order chi connectivity index (χ0) is 19.4. The highest BCUT2D eigenvalue weighted by atomic mass is 19.4. The molecule has 1 saturated heterocycles. The number of hydrogen-bond donors (Lipinski definition) is 1. The topological polar surface area (TPSA) is 63.2 Å². The molecular weight excluding hydrogens is 368 g/mol. The molecular formula is C14H17F6N5O. The number of piperidine rings is 1. The van der Waals surface area contributed by atoms with Gasteiger partial charge >= 0.3 is 18.4 Å². The van der Waals surface area contributed by atoms with E-state index in [2.05, 4.69) is 31.6 Å². The van der Waals surface area contributed by atoms with E-state index in [0.29, 0.717) is 13.1 Å². The van der Waals surface area contributed by atoms with Crippen LogP contribution in [0.1, 0.15) is 19.3 Å². The van der Waals surface area contributed by atoms with Crippen LogP contribution in [0.3, 0.4) is 0 Å². The number of hydrogen-bond acceptors (Lipinski definition) is 6. The lowest BCUT2D eigenvalue weighted by molar-refractivity contribution is -0.301. The lowest BCUT2D eigenvalue weighted by Gasteiger charge is -2.27. The predicted octanol–water partition coefficient (Wildman–Crippen LogP) is 3.33. The minimum atomic E-state index is -5.66. The van der Waals surface area contributed by atoms with Crippen LogP contribution >= 0.6 is 0 Å². The van der Waals surface area contributed by atoms with Gasteiger partial charge in [-0.05, 0) is 19.3 Å². The highest BCUT2D eigenvalue weighted by Crippen LogP contribution is 2.36. The number of alkyl halides is 6. The average molecular weight is 385 g/mol. The van der Waals surface area contributed by atoms with Crippen molar-refractivity contribution in [2.24, 2.45) is 0 Å². The quantitative estimate of drug-likeness (QED) is 0.599. The molecule has 0 unspecified atom stereocenters. The number of ether oxygens (including phenoxy) is 1. The van der Waals surface area contributed by atoms with Crippen LogP contribution in [0.4, 0.5) is 38.2 Å². The Morgan fingerprint density at radius 3 is 2.19 bits per heavy atom. The van der Waals surface area contributed by atoms with E-state index in [1.54, 1.807) is 4.90 Å². The molecule has 0 spiro atoms. The van der Waals surface area contributed by atoms with Crippen molar-refractivity contribution in [1.82, 2.24) is 15.0 Å². The number of aromatic nitrogens is 3. The largest absolute Gasteiger partial charge is 0.440 e. The Morgan fingerprint density at radius 1 is 1.04 bits per heavy atom. The van der Waals surface area contributed by atoms with Crippen LogP contribution in [0.5, 0.6) is 6.01 Å². The molecule has 1 aliphatic rings. The van der Waals surface area contributed by atoms with E-state index in [4.69, 9.17) is 0 Å². The molecule has 146 valence electrons. The van der Waals surface area contributed by atoms with Crippen LogP contribution in [0.2, 0.25) is 0 Å². The third-order valence-corrected chi connectivity index (χ3v) is 3.46. The third-order valence-electron chi connectivity index (χ3n) is 3.46. The SMILES string of the molecule is C=CCNc1nc(OC(C(F)(F)F)C(F)(F)F)nc(N2CCCCC2)n1. The van der Waals surface area contributed by atoms with Crippen LogP contribution in [0, 0.1) is 0 Å². The highest BCUT2D eigenvalue weighted by molar-refractivity contribution is 5.39. The first-order chi connectivity index (χ1) is 12.1. The first-order valence-electron chi connectivity index (χ1n) is 7.77. The molecule has 0 amide bonds. The first kappa shape index (κ1) is 20.0. The van der Waals surface area contributed by atoms with Gasteiger partial charge in [0.2, 0.25) is 11.9 Å². The summed E-state index contributed by atoms with van der Waals surface area (Å²) >= 11 is 0. The fourth-order valence-electron chi connectivity index (χ4n) is 2.30. The molecule has 0 radical (unpaired) electrons. The lowest BCUT2D eigenvalue weighted by Crippen LogP contribution is -2.47. The minimum absolute atomic E-state index is 0.0376. The second-order valence-electron chi connectivity index (χ2n) is 5.54. The van der Waals surface area contributed by atoms with Gasteiger partial charge in [0.15, 0.2) is 0 Å². The monoisotopic (exact) mass is 385 g/mol. The van der Waals surface area contributed by atoms with Gasteiger partial charge in [0.05, 0.1) is 0 Å². The Hall–Kier alpha value is -2.27. The summed E-state index contributed by atoms with van der Waals surface area (Å²) in [5.74, 6) is -0.233. The van der Waals surface area contributed by atoms with Crippen molar-refractivity contribution in [3.05, 3.63) is 12.7 Å². The Labute approximate surface area is 145 Å². The second kappa shape index (κ2) is 7.96. The molecule has 1 aliphatic heterocycles. The van der Waals surface area contributed by atoms with Crippen molar-refractivity contribution in [2.75, 3.05) is 29.9 Å². The van der Waals surface area contributed by atoms with Gasteiger partial charge in [-0.2, -0.15) is 41.3 Å². The molecule has 0 atom stereocenters. The summed E-state index contributed by atoms with van der Waals surface area (Å²) in [5.41, 5.74) is 0. The van der Waals surface area contributed by atoms with Crippen LogP contribution in [0.25, 0.3) is 0 Å². The molecule has 26 heavy (non-hydrogen) atoms. The molecule has 0 bridgehead atoms. The van der Waals surface area contributed by atoms with Crippen molar-refractivity contribution in [3.8, 4) is 6.01 Å². The van der Waals surface area contributed by atoms with Gasteiger partial charge in [-0.25, -0.2) is 0 Å². The summed E-state index contributed by atoms with van der Waals surface area (Å²) in [6.07, 6.45) is -11.3. The molecule has 1 N–H and O–H groups in total. The molecule has 0 aliphatic carbocycles. The van der Waals surface area contributed by atoms with Gasteiger partial charge in [0.1, 0.15) is 0 Å². The fourth-order valence-corrected chi connectivity index (χ4v) is 2.30. The van der Waals surface area contributed by atoms with Crippen LogP contribution in [0.15, 0.2) is 12.7 Å². The number of rotatable bonds is 6. The fraction of sp³-hybridized carbons (Fsp3) is 0.643. The standard InChI is InChI=1S/C14H17F6N5O/c1-2-6-21-10-22-11(25-7-4-3-5-8-25)24-12(23-10)26-9(13(15,16)17)14(18,19)20/h2,9H,1,3-8H2,(H,21,22,23,24). The van der Waals surface area contributed by atoms with Crippen molar-refractivity contribution in [3.63, 3.8) is 0 Å². The van der Waals surface area contributed by atoms with Crippen molar-refractivity contribution in [2.45, 2.75) is 37.7 Å². The van der Waals surface area contributed by atoms with Gasteiger partial charge in [-0.15, -0.1) is 6.58 Å². The molecule has 2 heterocycles. The van der Waals surface area contributed by atoms with E-state index in [0.717, 1.165) is 19.3 Å². The average Bonchev–Trinajstić information content (AvgIpc) is 2.56. The summed E-state index contributed by atoms with van der Waals surface area (Å²) < 4.78 is 80.3. The smallest absolute Gasteiger partial charge is 0.434 e. The molecule has 1 fully saturated rings. The highest BCUT2D eigenvalue weighted by Gasteiger charge is 2.59. The summed E-state index contributed by atoms with van der Waals surface area (Å²) in [6, 6.07) is -1.05. The molecule has 12 heteroatoms. The maximum Gasteiger partial charge on any atom is 0.434 e. The second-order valence-corrected chi connectivity index (χ2v) is 5.54. The predicted molar refractivity (Wildman–Crippen MR) is 81.1 cm³/mol. The lowest BCUT2D eigenvalue weighted by atomic mass is 10.1. The van der Waals surface area contributed by atoms with Gasteiger partial charge in [-0.3, -0.25) is 0 Å². The van der Waals surface area contributed by atoms with Gasteiger partial charge in [-0.1, -0.05) is 6.08 Å². The summed E-state index contributed by atoms with van der Waals surface area (Å²) in [7, 11) is 0. The molecule has 0 saturated carbocycles. The van der Waals surface area contributed by atoms with Crippen molar-refractivity contribution in [1.29, 1.82) is 0 Å². The molecule has 1 aromatic rings. The molecule has 1 aromatic heterocycles.